The standard InChI is InChI=1S/C13H21ClN2OS/c1-8(2)6-15-13(17)10(4)16-9(3)11-5-12(14)18-7-11/h5,7-10,16H,6H2,1-4H3,(H,15,17). The van der Waals surface area contributed by atoms with Crippen LogP contribution >= 0.6 is 22.9 Å². The van der Waals surface area contributed by atoms with Gasteiger partial charge in [-0.25, -0.2) is 0 Å². The molecule has 1 aromatic heterocycles. The maximum absolute atomic E-state index is 11.8. The normalized spacial score (nSPS) is 14.6. The molecule has 0 bridgehead atoms. The van der Waals surface area contributed by atoms with Crippen molar-refractivity contribution >= 4 is 28.8 Å². The van der Waals surface area contributed by atoms with E-state index in [1.165, 1.54) is 11.3 Å². The average Bonchev–Trinajstić information content (AvgIpc) is 2.72. The van der Waals surface area contributed by atoms with Gasteiger partial charge >= 0.3 is 0 Å². The van der Waals surface area contributed by atoms with E-state index in [1.807, 2.05) is 25.3 Å². The van der Waals surface area contributed by atoms with Crippen molar-refractivity contribution in [3.63, 3.8) is 0 Å². The van der Waals surface area contributed by atoms with Crippen LogP contribution in [0, 0.1) is 5.92 Å². The molecule has 0 aliphatic heterocycles. The Hall–Kier alpha value is -0.580. The van der Waals surface area contributed by atoms with Gasteiger partial charge in [0.2, 0.25) is 5.91 Å². The van der Waals surface area contributed by atoms with Crippen LogP contribution < -0.4 is 10.6 Å². The van der Waals surface area contributed by atoms with Gasteiger partial charge in [0.05, 0.1) is 10.4 Å². The van der Waals surface area contributed by atoms with Gasteiger partial charge in [0.25, 0.3) is 0 Å². The van der Waals surface area contributed by atoms with Crippen LogP contribution in [-0.4, -0.2) is 18.5 Å². The van der Waals surface area contributed by atoms with Crippen LogP contribution in [0.15, 0.2) is 11.4 Å². The minimum atomic E-state index is -0.211. The van der Waals surface area contributed by atoms with Gasteiger partial charge in [-0.05, 0) is 36.8 Å². The third-order valence-electron chi connectivity index (χ3n) is 2.67. The van der Waals surface area contributed by atoms with Gasteiger partial charge in [-0.1, -0.05) is 25.4 Å². The lowest BCUT2D eigenvalue weighted by Crippen LogP contribution is -2.44. The predicted octanol–water partition coefficient (Wildman–Crippen LogP) is 3.21. The van der Waals surface area contributed by atoms with Gasteiger partial charge in [-0.15, -0.1) is 11.3 Å². The smallest absolute Gasteiger partial charge is 0.236 e. The number of nitrogens with one attached hydrogen (secondary N) is 2. The summed E-state index contributed by atoms with van der Waals surface area (Å²) < 4.78 is 0.774. The van der Waals surface area contributed by atoms with Gasteiger partial charge in [0.1, 0.15) is 0 Å². The first-order valence-electron chi connectivity index (χ1n) is 6.17. The zero-order chi connectivity index (χ0) is 13.7. The Morgan fingerprint density at radius 2 is 2.06 bits per heavy atom. The van der Waals surface area contributed by atoms with E-state index < -0.39 is 0 Å². The molecule has 1 amide bonds. The zero-order valence-electron chi connectivity index (χ0n) is 11.3. The van der Waals surface area contributed by atoms with Gasteiger partial charge < -0.3 is 5.32 Å². The van der Waals surface area contributed by atoms with E-state index in [-0.39, 0.29) is 18.0 Å². The van der Waals surface area contributed by atoms with E-state index in [9.17, 15) is 4.79 Å². The second-order valence-corrected chi connectivity index (χ2v) is 6.48. The highest BCUT2D eigenvalue weighted by Gasteiger charge is 2.16. The van der Waals surface area contributed by atoms with Crippen molar-refractivity contribution in [2.24, 2.45) is 5.92 Å². The third kappa shape index (κ3) is 4.96. The molecule has 0 fully saturated rings. The molecule has 0 aliphatic rings. The lowest BCUT2D eigenvalue weighted by molar-refractivity contribution is -0.123. The summed E-state index contributed by atoms with van der Waals surface area (Å²) in [7, 11) is 0. The SMILES string of the molecule is CC(C)CNC(=O)C(C)NC(C)c1csc(Cl)c1. The maximum Gasteiger partial charge on any atom is 0.236 e. The Morgan fingerprint density at radius 1 is 1.39 bits per heavy atom. The Kier molecular flexibility index (Phi) is 6.12. The molecule has 0 aromatic carbocycles. The first-order chi connectivity index (χ1) is 8.40. The van der Waals surface area contributed by atoms with E-state index in [2.05, 4.69) is 24.5 Å². The van der Waals surface area contributed by atoms with Crippen LogP contribution in [0.3, 0.4) is 0 Å². The van der Waals surface area contributed by atoms with Gasteiger partial charge in [-0.3, -0.25) is 10.1 Å². The van der Waals surface area contributed by atoms with Gasteiger partial charge in [0.15, 0.2) is 0 Å². The second-order valence-electron chi connectivity index (χ2n) is 4.93. The number of carbonyl (C=O) groups is 1. The summed E-state index contributed by atoms with van der Waals surface area (Å²) in [6.45, 7) is 8.77. The summed E-state index contributed by atoms with van der Waals surface area (Å²) >= 11 is 7.41. The van der Waals surface area contributed by atoms with Crippen LogP contribution in [0.4, 0.5) is 0 Å². The molecule has 1 rings (SSSR count). The Bertz CT molecular complexity index is 392. The van der Waals surface area contributed by atoms with Gasteiger partial charge in [-0.2, -0.15) is 0 Å². The third-order valence-corrected chi connectivity index (χ3v) is 3.77. The average molecular weight is 289 g/mol. The van der Waals surface area contributed by atoms with Crippen molar-refractivity contribution in [1.29, 1.82) is 0 Å². The van der Waals surface area contributed by atoms with E-state index >= 15 is 0 Å². The second kappa shape index (κ2) is 7.12. The number of halogens is 1. The molecule has 1 heterocycles. The van der Waals surface area contributed by atoms with E-state index in [1.54, 1.807) is 0 Å². The Balaban J connectivity index is 2.43. The van der Waals surface area contributed by atoms with E-state index in [4.69, 9.17) is 11.6 Å². The topological polar surface area (TPSA) is 41.1 Å². The molecule has 0 radical (unpaired) electrons. The molecule has 0 spiro atoms. The molecule has 2 N–H and O–H groups in total. The summed E-state index contributed by atoms with van der Waals surface area (Å²) in [6.07, 6.45) is 0. The molecular weight excluding hydrogens is 268 g/mol. The van der Waals surface area contributed by atoms with Crippen molar-refractivity contribution in [3.05, 3.63) is 21.3 Å². The van der Waals surface area contributed by atoms with Crippen LogP contribution in [0.25, 0.3) is 0 Å². The monoisotopic (exact) mass is 288 g/mol. The number of thiophene rings is 1. The molecule has 3 nitrogen and oxygen atoms in total. The Labute approximate surface area is 118 Å². The van der Waals surface area contributed by atoms with E-state index in [0.29, 0.717) is 12.5 Å². The number of carbonyl (C=O) groups excluding carboxylic acids is 1. The largest absolute Gasteiger partial charge is 0.354 e. The molecule has 2 atom stereocenters. The first-order valence-corrected chi connectivity index (χ1v) is 7.43. The molecule has 102 valence electrons. The van der Waals surface area contributed by atoms with Crippen molar-refractivity contribution in [2.75, 3.05) is 6.54 Å². The molecular formula is C13H21ClN2OS. The molecule has 18 heavy (non-hydrogen) atoms. The summed E-state index contributed by atoms with van der Waals surface area (Å²) in [5.41, 5.74) is 1.12. The lowest BCUT2D eigenvalue weighted by Gasteiger charge is -2.19. The van der Waals surface area contributed by atoms with Crippen LogP contribution in [-0.2, 0) is 4.79 Å². The fourth-order valence-corrected chi connectivity index (χ4v) is 2.54. The highest BCUT2D eigenvalue weighted by atomic mass is 35.5. The minimum Gasteiger partial charge on any atom is -0.354 e. The number of rotatable bonds is 6. The van der Waals surface area contributed by atoms with Crippen LogP contribution in [0.2, 0.25) is 4.34 Å². The van der Waals surface area contributed by atoms with Crippen LogP contribution in [0.1, 0.15) is 39.3 Å². The molecule has 5 heteroatoms. The van der Waals surface area contributed by atoms with Gasteiger partial charge in [0, 0.05) is 12.6 Å². The summed E-state index contributed by atoms with van der Waals surface area (Å²) in [4.78, 5) is 11.8. The molecule has 1 aromatic rings. The quantitative estimate of drug-likeness (QED) is 0.844. The minimum absolute atomic E-state index is 0.0388. The predicted molar refractivity (Wildman–Crippen MR) is 78.2 cm³/mol. The number of hydrogen-bond acceptors (Lipinski definition) is 3. The summed E-state index contributed by atoms with van der Waals surface area (Å²) in [5.74, 6) is 0.506. The highest BCUT2D eigenvalue weighted by Crippen LogP contribution is 2.24. The maximum atomic E-state index is 11.8. The highest BCUT2D eigenvalue weighted by molar-refractivity contribution is 7.14. The first kappa shape index (κ1) is 15.5. The van der Waals surface area contributed by atoms with E-state index in [0.717, 1.165) is 9.90 Å². The molecule has 0 saturated heterocycles. The van der Waals surface area contributed by atoms with Crippen molar-refractivity contribution in [1.82, 2.24) is 10.6 Å². The summed E-state index contributed by atoms with van der Waals surface area (Å²) in [6, 6.07) is 1.84. The van der Waals surface area contributed by atoms with Crippen molar-refractivity contribution in [2.45, 2.75) is 39.8 Å². The van der Waals surface area contributed by atoms with Crippen LogP contribution in [0.5, 0.6) is 0 Å². The fourth-order valence-electron chi connectivity index (χ4n) is 1.56. The Morgan fingerprint density at radius 3 is 2.56 bits per heavy atom. The molecule has 2 unspecified atom stereocenters. The van der Waals surface area contributed by atoms with Crippen molar-refractivity contribution in [3.8, 4) is 0 Å². The fraction of sp³-hybridized carbons (Fsp3) is 0.615. The number of amides is 1. The molecule has 0 saturated carbocycles. The zero-order valence-corrected chi connectivity index (χ0v) is 12.9. The number of hydrogen-bond donors (Lipinski definition) is 2. The lowest BCUT2D eigenvalue weighted by atomic mass is 10.1. The summed E-state index contributed by atoms with van der Waals surface area (Å²) in [5, 5.41) is 8.20. The van der Waals surface area contributed by atoms with Crippen molar-refractivity contribution < 1.29 is 4.79 Å². The molecule has 0 aliphatic carbocycles.